The van der Waals surface area contributed by atoms with Crippen molar-refractivity contribution in [2.45, 2.75) is 0 Å². The SMILES string of the molecule is Nc1ccc(Nc2cccc(Cl)c2)c(F)c1. The standard InChI is InChI=1S/C12H10ClFN2/c13-8-2-1-3-10(6-8)16-12-5-4-9(15)7-11(12)14/h1-7,16H,15H2. The van der Waals surface area contributed by atoms with Crippen molar-refractivity contribution in [1.29, 1.82) is 0 Å². The molecule has 0 fully saturated rings. The van der Waals surface area contributed by atoms with Crippen molar-refractivity contribution in [3.8, 4) is 0 Å². The molecule has 0 aliphatic heterocycles. The maximum Gasteiger partial charge on any atom is 0.148 e. The third-order valence-corrected chi connectivity index (χ3v) is 2.33. The van der Waals surface area contributed by atoms with Crippen LogP contribution in [0.25, 0.3) is 0 Å². The number of anilines is 3. The fourth-order valence-electron chi connectivity index (χ4n) is 1.35. The zero-order chi connectivity index (χ0) is 11.5. The van der Waals surface area contributed by atoms with Gasteiger partial charge in [-0.15, -0.1) is 0 Å². The topological polar surface area (TPSA) is 38.0 Å². The van der Waals surface area contributed by atoms with Crippen molar-refractivity contribution in [2.75, 3.05) is 11.1 Å². The lowest BCUT2D eigenvalue weighted by molar-refractivity contribution is 0.632. The first-order chi connectivity index (χ1) is 7.65. The number of rotatable bonds is 2. The van der Waals surface area contributed by atoms with Gasteiger partial charge in [-0.2, -0.15) is 0 Å². The van der Waals surface area contributed by atoms with Crippen LogP contribution in [0, 0.1) is 5.82 Å². The van der Waals surface area contributed by atoms with Crippen LogP contribution >= 0.6 is 11.6 Å². The highest BCUT2D eigenvalue weighted by Crippen LogP contribution is 2.23. The number of nitrogen functional groups attached to an aromatic ring is 1. The molecule has 3 N–H and O–H groups in total. The van der Waals surface area contributed by atoms with Gasteiger partial charge in [-0.25, -0.2) is 4.39 Å². The Morgan fingerprint density at radius 1 is 1.12 bits per heavy atom. The molecule has 16 heavy (non-hydrogen) atoms. The van der Waals surface area contributed by atoms with Gasteiger partial charge >= 0.3 is 0 Å². The number of nitrogens with one attached hydrogen (secondary N) is 1. The Morgan fingerprint density at radius 2 is 1.94 bits per heavy atom. The minimum atomic E-state index is -0.389. The van der Waals surface area contributed by atoms with Crippen molar-refractivity contribution < 1.29 is 4.39 Å². The summed E-state index contributed by atoms with van der Waals surface area (Å²) in [4.78, 5) is 0. The van der Waals surface area contributed by atoms with Gasteiger partial charge in [0.05, 0.1) is 5.69 Å². The Bertz CT molecular complexity index is 514. The van der Waals surface area contributed by atoms with Crippen LogP contribution in [0.1, 0.15) is 0 Å². The average molecular weight is 237 g/mol. The molecular weight excluding hydrogens is 227 g/mol. The lowest BCUT2D eigenvalue weighted by atomic mass is 10.2. The van der Waals surface area contributed by atoms with E-state index in [-0.39, 0.29) is 5.82 Å². The second-order valence-electron chi connectivity index (χ2n) is 3.37. The minimum Gasteiger partial charge on any atom is -0.399 e. The molecule has 0 bridgehead atoms. The minimum absolute atomic E-state index is 0.372. The van der Waals surface area contributed by atoms with Crippen LogP contribution in [0.4, 0.5) is 21.5 Å². The van der Waals surface area contributed by atoms with Gasteiger partial charge < -0.3 is 11.1 Å². The van der Waals surface area contributed by atoms with Crippen molar-refractivity contribution in [1.82, 2.24) is 0 Å². The number of halogens is 2. The summed E-state index contributed by atoms with van der Waals surface area (Å²) in [5.74, 6) is -0.389. The summed E-state index contributed by atoms with van der Waals surface area (Å²) >= 11 is 5.82. The molecule has 2 nitrogen and oxygen atoms in total. The van der Waals surface area contributed by atoms with Crippen molar-refractivity contribution in [3.05, 3.63) is 53.3 Å². The summed E-state index contributed by atoms with van der Waals surface area (Å²) < 4.78 is 13.5. The van der Waals surface area contributed by atoms with Crippen molar-refractivity contribution >= 4 is 28.7 Å². The van der Waals surface area contributed by atoms with Crippen LogP contribution in [-0.4, -0.2) is 0 Å². The zero-order valence-corrected chi connectivity index (χ0v) is 9.13. The van der Waals surface area contributed by atoms with E-state index in [1.54, 1.807) is 30.3 Å². The van der Waals surface area contributed by atoms with Gasteiger partial charge in [0.15, 0.2) is 0 Å². The Kier molecular flexibility index (Phi) is 2.97. The van der Waals surface area contributed by atoms with Gasteiger partial charge in [0.2, 0.25) is 0 Å². The fraction of sp³-hybridized carbons (Fsp3) is 0. The number of hydrogen-bond acceptors (Lipinski definition) is 2. The highest BCUT2D eigenvalue weighted by molar-refractivity contribution is 6.30. The highest BCUT2D eigenvalue weighted by atomic mass is 35.5. The first kappa shape index (κ1) is 10.8. The lowest BCUT2D eigenvalue weighted by Crippen LogP contribution is -1.95. The van der Waals surface area contributed by atoms with Gasteiger partial charge in [-0.3, -0.25) is 0 Å². The van der Waals surface area contributed by atoms with Gasteiger partial charge in [-0.05, 0) is 36.4 Å². The summed E-state index contributed by atoms with van der Waals surface area (Å²) in [7, 11) is 0. The predicted molar refractivity (Wildman–Crippen MR) is 65.5 cm³/mol. The molecule has 2 rings (SSSR count). The summed E-state index contributed by atoms with van der Waals surface area (Å²) in [5.41, 5.74) is 6.96. The summed E-state index contributed by atoms with van der Waals surface area (Å²) in [5, 5.41) is 3.52. The molecule has 0 radical (unpaired) electrons. The van der Waals surface area contributed by atoms with E-state index in [1.807, 2.05) is 6.07 Å². The van der Waals surface area contributed by atoms with Gasteiger partial charge in [0, 0.05) is 16.4 Å². The van der Waals surface area contributed by atoms with Crippen LogP contribution in [-0.2, 0) is 0 Å². The Balaban J connectivity index is 2.27. The third-order valence-electron chi connectivity index (χ3n) is 2.10. The molecule has 0 spiro atoms. The van der Waals surface area contributed by atoms with E-state index in [1.165, 1.54) is 6.07 Å². The largest absolute Gasteiger partial charge is 0.399 e. The normalized spacial score (nSPS) is 10.1. The van der Waals surface area contributed by atoms with E-state index < -0.39 is 0 Å². The molecule has 0 saturated heterocycles. The molecule has 2 aromatic carbocycles. The van der Waals surface area contributed by atoms with Crippen LogP contribution in [0.15, 0.2) is 42.5 Å². The molecule has 0 atom stereocenters. The molecule has 4 heteroatoms. The van der Waals surface area contributed by atoms with Crippen molar-refractivity contribution in [2.24, 2.45) is 0 Å². The molecule has 0 unspecified atom stereocenters. The Labute approximate surface area is 97.8 Å². The second kappa shape index (κ2) is 4.41. The highest BCUT2D eigenvalue weighted by Gasteiger charge is 2.02. The number of nitrogens with two attached hydrogens (primary N) is 1. The van der Waals surface area contributed by atoms with Gasteiger partial charge in [0.25, 0.3) is 0 Å². The van der Waals surface area contributed by atoms with Crippen LogP contribution in [0.2, 0.25) is 5.02 Å². The van der Waals surface area contributed by atoms with E-state index in [4.69, 9.17) is 17.3 Å². The maximum atomic E-state index is 13.5. The molecule has 0 saturated carbocycles. The van der Waals surface area contributed by atoms with Crippen LogP contribution < -0.4 is 11.1 Å². The smallest absolute Gasteiger partial charge is 0.148 e. The molecule has 0 aliphatic carbocycles. The first-order valence-electron chi connectivity index (χ1n) is 4.73. The molecule has 0 aromatic heterocycles. The Hall–Kier alpha value is -1.74. The van der Waals surface area contributed by atoms with E-state index >= 15 is 0 Å². The zero-order valence-electron chi connectivity index (χ0n) is 8.37. The molecule has 0 amide bonds. The fourth-order valence-corrected chi connectivity index (χ4v) is 1.54. The summed E-state index contributed by atoms with van der Waals surface area (Å²) in [6, 6.07) is 11.6. The molecule has 0 aliphatic rings. The summed E-state index contributed by atoms with van der Waals surface area (Å²) in [6.07, 6.45) is 0. The Morgan fingerprint density at radius 3 is 2.62 bits per heavy atom. The number of hydrogen-bond donors (Lipinski definition) is 2. The average Bonchev–Trinajstić information content (AvgIpc) is 2.22. The number of benzene rings is 2. The monoisotopic (exact) mass is 236 g/mol. The second-order valence-corrected chi connectivity index (χ2v) is 3.81. The van der Waals surface area contributed by atoms with Crippen LogP contribution in [0.5, 0.6) is 0 Å². The van der Waals surface area contributed by atoms with Gasteiger partial charge in [0.1, 0.15) is 5.82 Å². The summed E-state index contributed by atoms with van der Waals surface area (Å²) in [6.45, 7) is 0. The molecule has 82 valence electrons. The molecule has 0 heterocycles. The predicted octanol–water partition coefficient (Wildman–Crippen LogP) is 3.80. The van der Waals surface area contributed by atoms with Crippen LogP contribution in [0.3, 0.4) is 0 Å². The van der Waals surface area contributed by atoms with Gasteiger partial charge in [-0.1, -0.05) is 17.7 Å². The quantitative estimate of drug-likeness (QED) is 0.779. The van der Waals surface area contributed by atoms with E-state index in [0.717, 1.165) is 5.69 Å². The third kappa shape index (κ3) is 2.44. The van der Waals surface area contributed by atoms with E-state index in [9.17, 15) is 4.39 Å². The first-order valence-corrected chi connectivity index (χ1v) is 5.10. The van der Waals surface area contributed by atoms with E-state index in [0.29, 0.717) is 16.4 Å². The maximum absolute atomic E-state index is 13.5. The molecule has 2 aromatic rings. The molecular formula is C12H10ClFN2. The van der Waals surface area contributed by atoms with E-state index in [2.05, 4.69) is 5.32 Å². The lowest BCUT2D eigenvalue weighted by Gasteiger charge is -2.08. The van der Waals surface area contributed by atoms with Crippen molar-refractivity contribution in [3.63, 3.8) is 0 Å².